The van der Waals surface area contributed by atoms with E-state index in [-0.39, 0.29) is 4.90 Å². The van der Waals surface area contributed by atoms with Crippen molar-refractivity contribution in [3.63, 3.8) is 0 Å². The van der Waals surface area contributed by atoms with Crippen LogP contribution in [-0.4, -0.2) is 39.0 Å². The highest BCUT2D eigenvalue weighted by atomic mass is 35.5. The van der Waals surface area contributed by atoms with Crippen molar-refractivity contribution in [3.05, 3.63) is 58.6 Å². The first-order valence-corrected chi connectivity index (χ1v) is 11.9. The number of imide groups is 1. The van der Waals surface area contributed by atoms with Crippen LogP contribution in [0.2, 0.25) is 5.02 Å². The van der Waals surface area contributed by atoms with Crippen LogP contribution in [0.1, 0.15) is 25.0 Å². The van der Waals surface area contributed by atoms with Gasteiger partial charge in [0.05, 0.1) is 4.90 Å². The van der Waals surface area contributed by atoms with Gasteiger partial charge in [-0.3, -0.25) is 14.9 Å². The molecule has 178 valence electrons. The Balaban J connectivity index is 1.93. The average molecular weight is 496 g/mol. The maximum absolute atomic E-state index is 12.6. The van der Waals surface area contributed by atoms with Gasteiger partial charge >= 0.3 is 12.0 Å². The number of nitrogens with one attached hydrogen (secondary N) is 3. The maximum Gasteiger partial charge on any atom is 0.325 e. The summed E-state index contributed by atoms with van der Waals surface area (Å²) in [4.78, 5) is 36.4. The van der Waals surface area contributed by atoms with E-state index in [9.17, 15) is 22.8 Å². The normalized spacial score (nSPS) is 12.2. The number of benzene rings is 2. The molecule has 1 atom stereocenters. The molecule has 2 aromatic rings. The number of urea groups is 1. The van der Waals surface area contributed by atoms with Crippen LogP contribution in [0.15, 0.2) is 47.4 Å². The van der Waals surface area contributed by atoms with Gasteiger partial charge in [0.15, 0.2) is 6.61 Å². The van der Waals surface area contributed by atoms with Crippen molar-refractivity contribution in [1.29, 1.82) is 0 Å². The molecule has 0 aliphatic rings. The first-order chi connectivity index (χ1) is 15.4. The Morgan fingerprint density at radius 1 is 1.03 bits per heavy atom. The molecular weight excluding hydrogens is 470 g/mol. The van der Waals surface area contributed by atoms with Gasteiger partial charge in [0.1, 0.15) is 6.04 Å². The molecule has 0 spiro atoms. The summed E-state index contributed by atoms with van der Waals surface area (Å²) in [6.45, 7) is 6.20. The summed E-state index contributed by atoms with van der Waals surface area (Å²) in [6, 6.07) is 8.77. The number of hydrogen-bond donors (Lipinski definition) is 3. The van der Waals surface area contributed by atoms with Gasteiger partial charge < -0.3 is 10.1 Å². The van der Waals surface area contributed by atoms with Crippen LogP contribution >= 0.6 is 11.6 Å². The molecule has 0 heterocycles. The predicted octanol–water partition coefficient (Wildman–Crippen LogP) is 3.15. The molecule has 11 heteroatoms. The van der Waals surface area contributed by atoms with Crippen molar-refractivity contribution in [2.45, 2.75) is 38.6 Å². The second kappa shape index (κ2) is 11.3. The number of hydrogen-bond acceptors (Lipinski definition) is 6. The molecule has 0 fully saturated rings. The minimum atomic E-state index is -4.04. The zero-order valence-corrected chi connectivity index (χ0v) is 20.2. The minimum absolute atomic E-state index is 0.0776. The lowest BCUT2D eigenvalue weighted by Crippen LogP contribution is -2.46. The Morgan fingerprint density at radius 2 is 1.67 bits per heavy atom. The van der Waals surface area contributed by atoms with E-state index in [0.29, 0.717) is 10.7 Å². The van der Waals surface area contributed by atoms with Crippen LogP contribution in [0, 0.1) is 19.8 Å². The molecule has 1 unspecified atom stereocenters. The van der Waals surface area contributed by atoms with Crippen molar-refractivity contribution < 1.29 is 27.5 Å². The summed E-state index contributed by atoms with van der Waals surface area (Å²) in [5.41, 5.74) is 2.36. The van der Waals surface area contributed by atoms with Crippen molar-refractivity contribution >= 4 is 45.2 Å². The minimum Gasteiger partial charge on any atom is -0.454 e. The largest absolute Gasteiger partial charge is 0.454 e. The van der Waals surface area contributed by atoms with E-state index in [1.165, 1.54) is 24.3 Å². The van der Waals surface area contributed by atoms with Crippen molar-refractivity contribution in [2.75, 3.05) is 11.9 Å². The molecule has 3 amide bonds. The molecule has 0 aromatic heterocycles. The van der Waals surface area contributed by atoms with E-state index in [1.54, 1.807) is 19.9 Å². The van der Waals surface area contributed by atoms with Crippen LogP contribution in [0.5, 0.6) is 0 Å². The zero-order valence-electron chi connectivity index (χ0n) is 18.6. The van der Waals surface area contributed by atoms with Crippen molar-refractivity contribution in [3.8, 4) is 0 Å². The van der Waals surface area contributed by atoms with Gasteiger partial charge in [0, 0.05) is 10.7 Å². The van der Waals surface area contributed by atoms with E-state index in [1.807, 2.05) is 26.0 Å². The molecule has 2 aromatic carbocycles. The number of rotatable bonds is 8. The molecule has 0 bridgehead atoms. The summed E-state index contributed by atoms with van der Waals surface area (Å²) in [7, 11) is -4.04. The van der Waals surface area contributed by atoms with E-state index in [4.69, 9.17) is 16.3 Å². The second-order valence-electron chi connectivity index (χ2n) is 7.73. The van der Waals surface area contributed by atoms with Gasteiger partial charge in [-0.1, -0.05) is 43.1 Å². The van der Waals surface area contributed by atoms with E-state index >= 15 is 0 Å². The summed E-state index contributed by atoms with van der Waals surface area (Å²) in [5, 5.41) is 4.96. The third kappa shape index (κ3) is 7.85. The Labute approximate surface area is 197 Å². The Bertz CT molecular complexity index is 1130. The van der Waals surface area contributed by atoms with Crippen molar-refractivity contribution in [1.82, 2.24) is 10.0 Å². The fourth-order valence-electron chi connectivity index (χ4n) is 2.80. The van der Waals surface area contributed by atoms with Gasteiger partial charge in [-0.15, -0.1) is 0 Å². The SMILES string of the molecule is Cc1ccc(NC(=O)NC(=O)COC(=O)C(NS(=O)(=O)c2ccc(Cl)cc2)C(C)C)c(C)c1. The fraction of sp³-hybridized carbons (Fsp3) is 0.318. The lowest BCUT2D eigenvalue weighted by Gasteiger charge is -2.20. The molecule has 2 rings (SSSR count). The number of aryl methyl sites for hydroxylation is 2. The zero-order chi connectivity index (χ0) is 24.8. The molecule has 0 radical (unpaired) electrons. The highest BCUT2D eigenvalue weighted by Gasteiger charge is 2.30. The van der Waals surface area contributed by atoms with Crippen LogP contribution in [0.4, 0.5) is 10.5 Å². The molecule has 0 saturated carbocycles. The highest BCUT2D eigenvalue weighted by molar-refractivity contribution is 7.89. The van der Waals surface area contributed by atoms with E-state index < -0.39 is 46.5 Å². The van der Waals surface area contributed by atoms with Gasteiger partial charge in [-0.2, -0.15) is 4.72 Å². The molecule has 9 nitrogen and oxygen atoms in total. The van der Waals surface area contributed by atoms with Crippen LogP contribution in [0.3, 0.4) is 0 Å². The Kier molecular flexibility index (Phi) is 8.98. The van der Waals surface area contributed by atoms with Gasteiger partial charge in [0.25, 0.3) is 5.91 Å². The predicted molar refractivity (Wildman–Crippen MR) is 124 cm³/mol. The average Bonchev–Trinajstić information content (AvgIpc) is 2.72. The third-order valence-electron chi connectivity index (χ3n) is 4.56. The Hall–Kier alpha value is -2.95. The number of halogens is 1. The van der Waals surface area contributed by atoms with Crippen LogP contribution in [0.25, 0.3) is 0 Å². The third-order valence-corrected chi connectivity index (χ3v) is 6.26. The number of anilines is 1. The molecule has 33 heavy (non-hydrogen) atoms. The molecule has 0 saturated heterocycles. The summed E-state index contributed by atoms with van der Waals surface area (Å²) < 4.78 is 32.4. The number of amides is 3. The molecular formula is C22H26ClN3O6S. The smallest absolute Gasteiger partial charge is 0.325 e. The lowest BCUT2D eigenvalue weighted by molar-refractivity contribution is -0.150. The number of sulfonamides is 1. The quantitative estimate of drug-likeness (QED) is 0.482. The Morgan fingerprint density at radius 3 is 2.24 bits per heavy atom. The lowest BCUT2D eigenvalue weighted by atomic mass is 10.1. The number of esters is 1. The first-order valence-electron chi connectivity index (χ1n) is 10.0. The maximum atomic E-state index is 12.6. The standard InChI is InChI=1S/C22H26ClN3O6S/c1-13(2)20(26-33(30,31)17-8-6-16(23)7-9-17)21(28)32-12-19(27)25-22(29)24-18-10-5-14(3)11-15(18)4/h5-11,13,20,26H,12H2,1-4H3,(H2,24,25,27,29). The van der Waals surface area contributed by atoms with Crippen LogP contribution in [-0.2, 0) is 24.3 Å². The van der Waals surface area contributed by atoms with E-state index in [0.717, 1.165) is 11.1 Å². The molecule has 0 aliphatic heterocycles. The fourth-order valence-corrected chi connectivity index (χ4v) is 4.26. The monoisotopic (exact) mass is 495 g/mol. The summed E-state index contributed by atoms with van der Waals surface area (Å²) >= 11 is 5.78. The highest BCUT2D eigenvalue weighted by Crippen LogP contribution is 2.17. The van der Waals surface area contributed by atoms with Gasteiger partial charge in [0.2, 0.25) is 10.0 Å². The summed E-state index contributed by atoms with van der Waals surface area (Å²) in [6.07, 6.45) is 0. The topological polar surface area (TPSA) is 131 Å². The van der Waals surface area contributed by atoms with Gasteiger partial charge in [-0.05, 0) is 55.7 Å². The molecule has 0 aliphatic carbocycles. The number of carbonyl (C=O) groups is 3. The van der Waals surface area contributed by atoms with Gasteiger partial charge in [-0.25, -0.2) is 13.2 Å². The van der Waals surface area contributed by atoms with Crippen molar-refractivity contribution in [2.24, 2.45) is 5.92 Å². The number of ether oxygens (including phenoxy) is 1. The van der Waals surface area contributed by atoms with Crippen LogP contribution < -0.4 is 15.4 Å². The second-order valence-corrected chi connectivity index (χ2v) is 9.88. The summed E-state index contributed by atoms with van der Waals surface area (Å²) in [5.74, 6) is -2.29. The first kappa shape index (κ1) is 26.3. The molecule has 3 N–H and O–H groups in total. The number of carbonyl (C=O) groups excluding carboxylic acids is 3. The van der Waals surface area contributed by atoms with E-state index in [2.05, 4.69) is 15.4 Å².